The van der Waals surface area contributed by atoms with Crippen LogP contribution in [0.25, 0.3) is 22.6 Å². The zero-order chi connectivity index (χ0) is 19.7. The highest BCUT2D eigenvalue weighted by Gasteiger charge is 2.19. The van der Waals surface area contributed by atoms with Crippen LogP contribution in [0, 0.1) is 0 Å². The fourth-order valence-corrected chi connectivity index (χ4v) is 3.09. The average molecular weight is 374 g/mol. The number of aryl methyl sites for hydroxylation is 1. The van der Waals surface area contributed by atoms with Gasteiger partial charge in [-0.15, -0.1) is 0 Å². The number of rotatable bonds is 5. The molecule has 2 aromatic carbocycles. The number of fused-ring (bicyclic) bond motifs is 1. The van der Waals surface area contributed by atoms with Gasteiger partial charge in [-0.1, -0.05) is 42.5 Å². The number of hydrogen-bond acceptors (Lipinski definition) is 5. The Labute approximate surface area is 160 Å². The number of nitrogens with two attached hydrogens (primary N) is 1. The molecule has 0 radical (unpaired) electrons. The number of hydrogen-bond donors (Lipinski definition) is 1. The molecule has 2 aromatic heterocycles. The van der Waals surface area contributed by atoms with Crippen LogP contribution in [0.15, 0.2) is 59.4 Å². The second-order valence-electron chi connectivity index (χ2n) is 6.45. The van der Waals surface area contributed by atoms with Gasteiger partial charge >= 0.3 is 0 Å². The molecule has 28 heavy (non-hydrogen) atoms. The lowest BCUT2D eigenvalue weighted by Crippen LogP contribution is -2.22. The lowest BCUT2D eigenvalue weighted by Gasteiger charge is -2.09. The van der Waals surface area contributed by atoms with Crippen molar-refractivity contribution in [3.05, 3.63) is 76.3 Å². The molecule has 0 atom stereocenters. The Hall–Kier alpha value is -3.81. The van der Waals surface area contributed by atoms with E-state index in [2.05, 4.69) is 15.1 Å². The molecular weight excluding hydrogens is 356 g/mol. The predicted molar refractivity (Wildman–Crippen MR) is 104 cm³/mol. The van der Waals surface area contributed by atoms with Gasteiger partial charge in [0.15, 0.2) is 17.3 Å². The Morgan fingerprint density at radius 1 is 1.04 bits per heavy atom. The second-order valence-corrected chi connectivity index (χ2v) is 6.45. The van der Waals surface area contributed by atoms with Gasteiger partial charge < -0.3 is 10.3 Å². The minimum Gasteiger partial charge on any atom is -0.369 e. The monoisotopic (exact) mass is 374 g/mol. The Morgan fingerprint density at radius 2 is 1.75 bits per heavy atom. The van der Waals surface area contributed by atoms with Gasteiger partial charge in [0.25, 0.3) is 5.56 Å². The largest absolute Gasteiger partial charge is 0.369 e. The van der Waals surface area contributed by atoms with Crippen LogP contribution in [0.2, 0.25) is 0 Å². The number of benzene rings is 2. The van der Waals surface area contributed by atoms with E-state index in [1.807, 2.05) is 54.6 Å². The van der Waals surface area contributed by atoms with E-state index in [9.17, 15) is 9.59 Å². The highest BCUT2D eigenvalue weighted by atomic mass is 16.1. The number of primary amides is 1. The molecule has 2 N–H and O–H groups in total. The van der Waals surface area contributed by atoms with Gasteiger partial charge in [0.2, 0.25) is 5.91 Å². The highest BCUT2D eigenvalue weighted by molar-refractivity contribution is 5.77. The van der Waals surface area contributed by atoms with E-state index in [-0.39, 0.29) is 23.5 Å². The Balaban J connectivity index is 1.90. The molecule has 1 amide bonds. The molecule has 2 heterocycles. The van der Waals surface area contributed by atoms with Crippen molar-refractivity contribution in [3.8, 4) is 11.5 Å². The SMILES string of the molecule is Cn1c(=O)c(-c2nc(CC(N)=O)nn2Cc2ccccc2)nc2ccccc21. The van der Waals surface area contributed by atoms with Crippen LogP contribution in [0.1, 0.15) is 11.4 Å². The van der Waals surface area contributed by atoms with Crippen molar-refractivity contribution in [1.29, 1.82) is 0 Å². The van der Waals surface area contributed by atoms with Gasteiger partial charge in [0.05, 0.1) is 24.0 Å². The lowest BCUT2D eigenvalue weighted by molar-refractivity contribution is -0.117. The molecule has 0 fully saturated rings. The van der Waals surface area contributed by atoms with E-state index >= 15 is 0 Å². The van der Waals surface area contributed by atoms with Gasteiger partial charge in [-0.05, 0) is 17.7 Å². The van der Waals surface area contributed by atoms with Crippen LogP contribution in [0.5, 0.6) is 0 Å². The first-order valence-corrected chi connectivity index (χ1v) is 8.75. The summed E-state index contributed by atoms with van der Waals surface area (Å²) in [5.41, 5.74) is 7.57. The highest BCUT2D eigenvalue weighted by Crippen LogP contribution is 2.17. The van der Waals surface area contributed by atoms with E-state index in [1.165, 1.54) is 4.57 Å². The summed E-state index contributed by atoms with van der Waals surface area (Å²) in [6, 6.07) is 17.0. The first kappa shape index (κ1) is 17.6. The first-order valence-electron chi connectivity index (χ1n) is 8.75. The third kappa shape index (κ3) is 3.27. The van der Waals surface area contributed by atoms with E-state index in [0.717, 1.165) is 11.1 Å². The van der Waals surface area contributed by atoms with Crippen molar-refractivity contribution in [3.63, 3.8) is 0 Å². The zero-order valence-electron chi connectivity index (χ0n) is 15.2. The molecule has 0 bridgehead atoms. The Kier molecular flexibility index (Phi) is 4.44. The van der Waals surface area contributed by atoms with Crippen molar-refractivity contribution >= 4 is 16.9 Å². The predicted octanol–water partition coefficient (Wildman–Crippen LogP) is 1.27. The van der Waals surface area contributed by atoms with Crippen LogP contribution in [0.3, 0.4) is 0 Å². The maximum Gasteiger partial charge on any atom is 0.280 e. The van der Waals surface area contributed by atoms with Gasteiger partial charge in [-0.25, -0.2) is 14.6 Å². The molecule has 8 heteroatoms. The smallest absolute Gasteiger partial charge is 0.280 e. The number of aromatic nitrogens is 5. The fourth-order valence-electron chi connectivity index (χ4n) is 3.09. The number of amides is 1. The van der Waals surface area contributed by atoms with Crippen LogP contribution >= 0.6 is 0 Å². The third-order valence-electron chi connectivity index (χ3n) is 4.42. The maximum atomic E-state index is 12.9. The molecule has 4 rings (SSSR count). The van der Waals surface area contributed by atoms with E-state index in [4.69, 9.17) is 5.73 Å². The van der Waals surface area contributed by atoms with Crippen molar-refractivity contribution in [2.45, 2.75) is 13.0 Å². The van der Waals surface area contributed by atoms with Crippen LogP contribution < -0.4 is 11.3 Å². The summed E-state index contributed by atoms with van der Waals surface area (Å²) in [6.45, 7) is 0.388. The van der Waals surface area contributed by atoms with Crippen LogP contribution in [-0.4, -0.2) is 30.2 Å². The summed E-state index contributed by atoms with van der Waals surface area (Å²) in [5.74, 6) is 0.0321. The number of carbonyl (C=O) groups is 1. The maximum absolute atomic E-state index is 12.9. The van der Waals surface area contributed by atoms with E-state index in [1.54, 1.807) is 11.7 Å². The molecule has 0 spiro atoms. The zero-order valence-corrected chi connectivity index (χ0v) is 15.2. The fraction of sp³-hybridized carbons (Fsp3) is 0.150. The topological polar surface area (TPSA) is 109 Å². The van der Waals surface area contributed by atoms with Gasteiger partial charge in [-0.2, -0.15) is 5.10 Å². The lowest BCUT2D eigenvalue weighted by atomic mass is 10.2. The molecular formula is C20H18N6O2. The second kappa shape index (κ2) is 7.07. The number of carbonyl (C=O) groups excluding carboxylic acids is 1. The molecule has 8 nitrogen and oxygen atoms in total. The summed E-state index contributed by atoms with van der Waals surface area (Å²) >= 11 is 0. The molecule has 0 saturated carbocycles. The van der Waals surface area contributed by atoms with Crippen molar-refractivity contribution < 1.29 is 4.79 Å². The number of nitrogens with zero attached hydrogens (tertiary/aromatic N) is 5. The van der Waals surface area contributed by atoms with Crippen molar-refractivity contribution in [1.82, 2.24) is 24.3 Å². The molecule has 0 aliphatic carbocycles. The number of para-hydroxylation sites is 2. The van der Waals surface area contributed by atoms with Gasteiger partial charge in [-0.3, -0.25) is 9.59 Å². The molecule has 4 aromatic rings. The summed E-state index contributed by atoms with van der Waals surface area (Å²) in [7, 11) is 1.69. The molecule has 0 unspecified atom stereocenters. The minimum absolute atomic E-state index is 0.108. The van der Waals surface area contributed by atoms with Crippen molar-refractivity contribution in [2.75, 3.05) is 0 Å². The van der Waals surface area contributed by atoms with Gasteiger partial charge in [0, 0.05) is 7.05 Å². The quantitative estimate of drug-likeness (QED) is 0.566. The normalized spacial score (nSPS) is 11.0. The summed E-state index contributed by atoms with van der Waals surface area (Å²) in [6.07, 6.45) is -0.108. The Bertz CT molecular complexity index is 1230. The first-order chi connectivity index (χ1) is 13.5. The van der Waals surface area contributed by atoms with Gasteiger partial charge in [0.1, 0.15) is 0 Å². The minimum atomic E-state index is -0.539. The van der Waals surface area contributed by atoms with Crippen LogP contribution in [0.4, 0.5) is 0 Å². The molecule has 0 saturated heterocycles. The summed E-state index contributed by atoms with van der Waals surface area (Å²) in [4.78, 5) is 33.2. The van der Waals surface area contributed by atoms with Crippen molar-refractivity contribution in [2.24, 2.45) is 12.8 Å². The molecule has 0 aliphatic rings. The average Bonchev–Trinajstić information content (AvgIpc) is 3.06. The molecule has 140 valence electrons. The van der Waals surface area contributed by atoms with E-state index < -0.39 is 5.91 Å². The van der Waals surface area contributed by atoms with Crippen LogP contribution in [-0.2, 0) is 24.8 Å². The third-order valence-corrected chi connectivity index (χ3v) is 4.42. The summed E-state index contributed by atoms with van der Waals surface area (Å²) < 4.78 is 3.12. The Morgan fingerprint density at radius 3 is 2.50 bits per heavy atom. The molecule has 0 aliphatic heterocycles. The summed E-state index contributed by atoms with van der Waals surface area (Å²) in [5, 5.41) is 4.39. The standard InChI is InChI=1S/C20H18N6O2/c1-25-15-10-6-5-9-14(15)22-18(20(25)28)19-23-17(11-16(21)27)24-26(19)12-13-7-3-2-4-8-13/h2-10H,11-12H2,1H3,(H2,21,27). The van der Waals surface area contributed by atoms with E-state index in [0.29, 0.717) is 17.9 Å².